The van der Waals surface area contributed by atoms with Crippen molar-refractivity contribution in [3.05, 3.63) is 59.4 Å². The summed E-state index contributed by atoms with van der Waals surface area (Å²) >= 11 is 5.97. The molecule has 3 aromatic rings. The van der Waals surface area contributed by atoms with Crippen LogP contribution in [0.2, 0.25) is 5.02 Å². The van der Waals surface area contributed by atoms with Crippen molar-refractivity contribution in [2.75, 3.05) is 5.32 Å². The average Bonchev–Trinajstić information content (AvgIpc) is 3.24. The summed E-state index contributed by atoms with van der Waals surface area (Å²) in [5.41, 5.74) is 2.33. The number of aromatic nitrogens is 4. The number of anilines is 1. The van der Waals surface area contributed by atoms with E-state index in [1.54, 1.807) is 24.3 Å². The van der Waals surface area contributed by atoms with Crippen LogP contribution in [0.1, 0.15) is 5.56 Å². The Bertz CT molecular complexity index is 897. The number of amides is 1. The quantitative estimate of drug-likeness (QED) is 0.790. The van der Waals surface area contributed by atoms with E-state index in [4.69, 9.17) is 16.3 Å². The van der Waals surface area contributed by atoms with Gasteiger partial charge < -0.3 is 10.1 Å². The number of hydrogen-bond donors (Lipinski definition) is 1. The normalized spacial score (nSPS) is 15.6. The van der Waals surface area contributed by atoms with Gasteiger partial charge >= 0.3 is 0 Å². The summed E-state index contributed by atoms with van der Waals surface area (Å²) in [5.74, 6) is 0.484. The van der Waals surface area contributed by atoms with Gasteiger partial charge in [-0.3, -0.25) is 4.79 Å². The van der Waals surface area contributed by atoms with Crippen LogP contribution in [0, 0.1) is 0 Å². The largest absolute Gasteiger partial charge is 0.480 e. The molecule has 24 heavy (non-hydrogen) atoms. The Balaban J connectivity index is 1.48. The minimum absolute atomic E-state index is 0.212. The van der Waals surface area contributed by atoms with Crippen LogP contribution in [-0.4, -0.2) is 32.2 Å². The maximum absolute atomic E-state index is 12.4. The molecular weight excluding hydrogens is 330 g/mol. The van der Waals surface area contributed by atoms with Crippen molar-refractivity contribution >= 4 is 23.2 Å². The third-order valence-electron chi connectivity index (χ3n) is 3.72. The topological polar surface area (TPSA) is 81.9 Å². The molecule has 1 N–H and O–H groups in total. The molecule has 1 aromatic heterocycles. The Labute approximate surface area is 142 Å². The van der Waals surface area contributed by atoms with Crippen LogP contribution >= 0.6 is 11.6 Å². The van der Waals surface area contributed by atoms with Gasteiger partial charge in [-0.25, -0.2) is 4.68 Å². The molecule has 1 aliphatic rings. The predicted molar refractivity (Wildman–Crippen MR) is 87.4 cm³/mol. The molecule has 0 radical (unpaired) electrons. The van der Waals surface area contributed by atoms with E-state index in [0.717, 1.165) is 11.3 Å². The molecule has 1 atom stereocenters. The minimum atomic E-state index is -0.574. The molecule has 2 aromatic carbocycles. The SMILES string of the molecule is O=C(Nc1cccc(-n2cnnn2)c1)C1Cc2cc(Cl)ccc2O1. The molecule has 1 unspecified atom stereocenters. The highest BCUT2D eigenvalue weighted by atomic mass is 35.5. The number of rotatable bonds is 3. The van der Waals surface area contributed by atoms with E-state index in [2.05, 4.69) is 20.8 Å². The molecule has 7 nitrogen and oxygen atoms in total. The molecule has 8 heteroatoms. The molecule has 1 amide bonds. The van der Waals surface area contributed by atoms with Crippen LogP contribution in [0.25, 0.3) is 5.69 Å². The Morgan fingerprint density at radius 3 is 3.04 bits per heavy atom. The molecule has 0 saturated heterocycles. The maximum atomic E-state index is 12.4. The van der Waals surface area contributed by atoms with Gasteiger partial charge in [-0.05, 0) is 52.4 Å². The molecule has 0 aliphatic carbocycles. The minimum Gasteiger partial charge on any atom is -0.480 e. The van der Waals surface area contributed by atoms with Gasteiger partial charge in [-0.1, -0.05) is 17.7 Å². The zero-order chi connectivity index (χ0) is 16.5. The van der Waals surface area contributed by atoms with Crippen LogP contribution in [-0.2, 0) is 11.2 Å². The molecule has 0 fully saturated rings. The van der Waals surface area contributed by atoms with Crippen molar-refractivity contribution in [1.29, 1.82) is 0 Å². The fourth-order valence-electron chi connectivity index (χ4n) is 2.59. The number of benzene rings is 2. The first-order valence-corrected chi connectivity index (χ1v) is 7.66. The zero-order valence-corrected chi connectivity index (χ0v) is 13.1. The lowest BCUT2D eigenvalue weighted by molar-refractivity contribution is -0.122. The molecule has 0 spiro atoms. The number of nitrogens with one attached hydrogen (secondary N) is 1. The van der Waals surface area contributed by atoms with Crippen molar-refractivity contribution in [1.82, 2.24) is 20.2 Å². The highest BCUT2D eigenvalue weighted by Crippen LogP contribution is 2.31. The van der Waals surface area contributed by atoms with Crippen molar-refractivity contribution < 1.29 is 9.53 Å². The van der Waals surface area contributed by atoms with Gasteiger partial charge in [0.05, 0.1) is 5.69 Å². The second-order valence-corrected chi connectivity index (χ2v) is 5.79. The van der Waals surface area contributed by atoms with Crippen LogP contribution in [0.4, 0.5) is 5.69 Å². The average molecular weight is 342 g/mol. The third kappa shape index (κ3) is 2.81. The number of fused-ring (bicyclic) bond motifs is 1. The van der Waals surface area contributed by atoms with E-state index in [-0.39, 0.29) is 5.91 Å². The predicted octanol–water partition coefficient (Wildman–Crippen LogP) is 2.26. The number of carbonyl (C=O) groups excluding carboxylic acids is 1. The number of ether oxygens (including phenoxy) is 1. The second-order valence-electron chi connectivity index (χ2n) is 5.36. The van der Waals surface area contributed by atoms with E-state index in [1.165, 1.54) is 11.0 Å². The number of nitrogens with zero attached hydrogens (tertiary/aromatic N) is 4. The lowest BCUT2D eigenvalue weighted by atomic mass is 10.1. The van der Waals surface area contributed by atoms with Gasteiger partial charge in [0.25, 0.3) is 5.91 Å². The number of carbonyl (C=O) groups is 1. The summed E-state index contributed by atoms with van der Waals surface area (Å²) in [7, 11) is 0. The number of tetrazole rings is 1. The van der Waals surface area contributed by atoms with Gasteiger partial charge in [-0.15, -0.1) is 5.10 Å². The zero-order valence-electron chi connectivity index (χ0n) is 12.4. The van der Waals surface area contributed by atoms with Gasteiger partial charge in [-0.2, -0.15) is 0 Å². The molecule has 0 bridgehead atoms. The number of halogens is 1. The molecule has 0 saturated carbocycles. The van der Waals surface area contributed by atoms with Crippen LogP contribution in [0.15, 0.2) is 48.8 Å². The van der Waals surface area contributed by atoms with Crippen LogP contribution < -0.4 is 10.1 Å². The summed E-state index contributed by atoms with van der Waals surface area (Å²) in [5, 5.41) is 14.5. The highest BCUT2D eigenvalue weighted by Gasteiger charge is 2.29. The second kappa shape index (κ2) is 5.93. The van der Waals surface area contributed by atoms with E-state index < -0.39 is 6.10 Å². The van der Waals surface area contributed by atoms with Gasteiger partial charge in [0.15, 0.2) is 6.10 Å². The third-order valence-corrected chi connectivity index (χ3v) is 3.95. The molecule has 4 rings (SSSR count). The lowest BCUT2D eigenvalue weighted by Gasteiger charge is -2.12. The lowest BCUT2D eigenvalue weighted by Crippen LogP contribution is -2.31. The summed E-state index contributed by atoms with van der Waals surface area (Å²) in [6.07, 6.45) is 1.41. The fourth-order valence-corrected chi connectivity index (χ4v) is 2.79. The smallest absolute Gasteiger partial charge is 0.265 e. The van der Waals surface area contributed by atoms with Crippen LogP contribution in [0.3, 0.4) is 0 Å². The summed E-state index contributed by atoms with van der Waals surface area (Å²) in [6, 6.07) is 12.6. The first-order chi connectivity index (χ1) is 11.7. The van der Waals surface area contributed by atoms with Gasteiger partial charge in [0, 0.05) is 17.1 Å². The van der Waals surface area contributed by atoms with Crippen LogP contribution in [0.5, 0.6) is 5.75 Å². The fraction of sp³-hybridized carbons (Fsp3) is 0.125. The molecule has 2 heterocycles. The van der Waals surface area contributed by atoms with E-state index in [9.17, 15) is 4.79 Å². The first kappa shape index (κ1) is 14.6. The summed E-state index contributed by atoms with van der Waals surface area (Å²) in [6.45, 7) is 0. The number of hydrogen-bond acceptors (Lipinski definition) is 5. The van der Waals surface area contributed by atoms with Crippen molar-refractivity contribution in [2.24, 2.45) is 0 Å². The van der Waals surface area contributed by atoms with Gasteiger partial charge in [0.2, 0.25) is 0 Å². The maximum Gasteiger partial charge on any atom is 0.265 e. The Kier molecular flexibility index (Phi) is 3.62. The standard InChI is InChI=1S/C16H12ClN5O2/c17-11-4-5-14-10(6-11)7-15(24-14)16(23)19-12-2-1-3-13(8-12)22-9-18-20-21-22/h1-6,8-9,15H,7H2,(H,19,23). The molecular formula is C16H12ClN5O2. The molecule has 120 valence electrons. The van der Waals surface area contributed by atoms with E-state index in [1.807, 2.05) is 18.2 Å². The van der Waals surface area contributed by atoms with Gasteiger partial charge in [0.1, 0.15) is 12.1 Å². The Hall–Kier alpha value is -2.93. The van der Waals surface area contributed by atoms with Crippen molar-refractivity contribution in [3.8, 4) is 11.4 Å². The van der Waals surface area contributed by atoms with Crippen molar-refractivity contribution in [2.45, 2.75) is 12.5 Å². The van der Waals surface area contributed by atoms with Crippen molar-refractivity contribution in [3.63, 3.8) is 0 Å². The Morgan fingerprint density at radius 1 is 1.29 bits per heavy atom. The highest BCUT2D eigenvalue weighted by molar-refractivity contribution is 6.30. The summed E-state index contributed by atoms with van der Waals surface area (Å²) < 4.78 is 7.20. The molecule has 1 aliphatic heterocycles. The Morgan fingerprint density at radius 2 is 2.21 bits per heavy atom. The van der Waals surface area contributed by atoms with E-state index >= 15 is 0 Å². The first-order valence-electron chi connectivity index (χ1n) is 7.28. The monoisotopic (exact) mass is 341 g/mol. The summed E-state index contributed by atoms with van der Waals surface area (Å²) in [4.78, 5) is 12.4. The van der Waals surface area contributed by atoms with E-state index in [0.29, 0.717) is 22.9 Å².